The maximum atomic E-state index is 12.5. The smallest absolute Gasteiger partial charge is 0.416 e. The Hall–Kier alpha value is -1.56. The highest BCUT2D eigenvalue weighted by Crippen LogP contribution is 2.38. The molecule has 2 unspecified atom stereocenters. The molecule has 6 heteroatoms. The quantitative estimate of drug-likeness (QED) is 0.795. The lowest BCUT2D eigenvalue weighted by atomic mass is 10.0. The average Bonchev–Trinajstić information content (AvgIpc) is 2.54. The molecule has 0 saturated heterocycles. The van der Waals surface area contributed by atoms with E-state index in [2.05, 4.69) is 0 Å². The Morgan fingerprint density at radius 2 is 2.06 bits per heavy atom. The zero-order valence-electron chi connectivity index (χ0n) is 8.66. The fourth-order valence-electron chi connectivity index (χ4n) is 2.11. The molecule has 1 aromatic rings. The van der Waals surface area contributed by atoms with E-state index in [9.17, 15) is 18.0 Å². The monoisotopic (exact) mass is 245 g/mol. The van der Waals surface area contributed by atoms with Crippen molar-refractivity contribution in [2.75, 3.05) is 0 Å². The standard InChI is InChI=1S/C11H10F3NO2/c12-11(13,14)6-1-2-7-5(3-6)4-8(9(7)15)10(16)17/h1-3,8-9H,4,15H2,(H,16,17). The van der Waals surface area contributed by atoms with E-state index in [1.54, 1.807) is 0 Å². The zero-order chi connectivity index (χ0) is 12.8. The highest BCUT2D eigenvalue weighted by molar-refractivity contribution is 5.73. The SMILES string of the molecule is NC1c2ccc(C(F)(F)F)cc2CC1C(=O)O. The van der Waals surface area contributed by atoms with Gasteiger partial charge in [0.2, 0.25) is 0 Å². The minimum Gasteiger partial charge on any atom is -0.481 e. The molecular weight excluding hydrogens is 235 g/mol. The summed E-state index contributed by atoms with van der Waals surface area (Å²) in [6, 6.07) is 2.46. The van der Waals surface area contributed by atoms with Crippen LogP contribution in [0.5, 0.6) is 0 Å². The highest BCUT2D eigenvalue weighted by Gasteiger charge is 2.37. The number of carboxylic acids is 1. The number of benzene rings is 1. The lowest BCUT2D eigenvalue weighted by Gasteiger charge is -2.11. The van der Waals surface area contributed by atoms with Crippen molar-refractivity contribution >= 4 is 5.97 Å². The maximum Gasteiger partial charge on any atom is 0.416 e. The number of carboxylic acid groups (broad SMARTS) is 1. The van der Waals surface area contributed by atoms with E-state index in [-0.39, 0.29) is 6.42 Å². The molecule has 17 heavy (non-hydrogen) atoms. The Kier molecular flexibility index (Phi) is 2.61. The Balaban J connectivity index is 2.39. The normalized spacial score (nSPS) is 23.5. The fraction of sp³-hybridized carbons (Fsp3) is 0.364. The molecule has 0 amide bonds. The van der Waals surface area contributed by atoms with Crippen LogP contribution in [0.2, 0.25) is 0 Å². The number of alkyl halides is 3. The molecule has 2 atom stereocenters. The summed E-state index contributed by atoms with van der Waals surface area (Å²) in [5, 5.41) is 8.88. The van der Waals surface area contributed by atoms with Crippen molar-refractivity contribution in [1.82, 2.24) is 0 Å². The lowest BCUT2D eigenvalue weighted by Crippen LogP contribution is -2.24. The van der Waals surface area contributed by atoms with Crippen molar-refractivity contribution < 1.29 is 23.1 Å². The second-order valence-electron chi connectivity index (χ2n) is 4.09. The van der Waals surface area contributed by atoms with Crippen LogP contribution in [0, 0.1) is 5.92 Å². The van der Waals surface area contributed by atoms with Gasteiger partial charge in [-0.3, -0.25) is 4.79 Å². The second-order valence-corrected chi connectivity index (χ2v) is 4.09. The van der Waals surface area contributed by atoms with E-state index in [0.29, 0.717) is 11.1 Å². The third kappa shape index (κ3) is 2.00. The van der Waals surface area contributed by atoms with Crippen LogP contribution in [0.15, 0.2) is 18.2 Å². The van der Waals surface area contributed by atoms with Gasteiger partial charge in [0.25, 0.3) is 0 Å². The third-order valence-electron chi connectivity index (χ3n) is 3.02. The van der Waals surface area contributed by atoms with Gasteiger partial charge in [0.15, 0.2) is 0 Å². The Morgan fingerprint density at radius 3 is 2.59 bits per heavy atom. The van der Waals surface area contributed by atoms with Crippen LogP contribution in [0.25, 0.3) is 0 Å². The first kappa shape index (κ1) is 11.9. The molecular formula is C11H10F3NO2. The topological polar surface area (TPSA) is 63.3 Å². The van der Waals surface area contributed by atoms with Gasteiger partial charge >= 0.3 is 12.1 Å². The van der Waals surface area contributed by atoms with Gasteiger partial charge in [0, 0.05) is 6.04 Å². The molecule has 0 spiro atoms. The van der Waals surface area contributed by atoms with Crippen molar-refractivity contribution in [3.63, 3.8) is 0 Å². The Morgan fingerprint density at radius 1 is 1.41 bits per heavy atom. The fourth-order valence-corrected chi connectivity index (χ4v) is 2.11. The molecule has 0 heterocycles. The number of hydrogen-bond donors (Lipinski definition) is 2. The van der Waals surface area contributed by atoms with E-state index in [0.717, 1.165) is 12.1 Å². The van der Waals surface area contributed by atoms with E-state index < -0.39 is 29.7 Å². The van der Waals surface area contributed by atoms with Crippen molar-refractivity contribution in [3.8, 4) is 0 Å². The predicted molar refractivity (Wildman–Crippen MR) is 53.2 cm³/mol. The number of nitrogens with two attached hydrogens (primary N) is 1. The molecule has 3 nitrogen and oxygen atoms in total. The van der Waals surface area contributed by atoms with Crippen LogP contribution in [0.4, 0.5) is 13.2 Å². The van der Waals surface area contributed by atoms with Crippen molar-refractivity contribution in [2.45, 2.75) is 18.6 Å². The van der Waals surface area contributed by atoms with E-state index >= 15 is 0 Å². The third-order valence-corrected chi connectivity index (χ3v) is 3.02. The Labute approximate surface area is 95.0 Å². The average molecular weight is 245 g/mol. The molecule has 1 aromatic carbocycles. The van der Waals surface area contributed by atoms with Gasteiger partial charge in [-0.15, -0.1) is 0 Å². The highest BCUT2D eigenvalue weighted by atomic mass is 19.4. The number of carbonyl (C=O) groups is 1. The number of halogens is 3. The molecule has 0 bridgehead atoms. The molecule has 0 saturated carbocycles. The summed E-state index contributed by atoms with van der Waals surface area (Å²) in [6.45, 7) is 0. The molecule has 2 rings (SSSR count). The van der Waals surface area contributed by atoms with Crippen LogP contribution in [-0.2, 0) is 17.4 Å². The predicted octanol–water partition coefficient (Wildman–Crippen LogP) is 1.96. The number of fused-ring (bicyclic) bond motifs is 1. The summed E-state index contributed by atoms with van der Waals surface area (Å²) < 4.78 is 37.4. The summed E-state index contributed by atoms with van der Waals surface area (Å²) in [5.74, 6) is -1.92. The minimum atomic E-state index is -4.42. The van der Waals surface area contributed by atoms with Gasteiger partial charge in [-0.25, -0.2) is 0 Å². The molecule has 0 aliphatic heterocycles. The van der Waals surface area contributed by atoms with Crippen molar-refractivity contribution in [2.24, 2.45) is 11.7 Å². The first-order valence-corrected chi connectivity index (χ1v) is 4.99. The molecule has 0 aromatic heterocycles. The summed E-state index contributed by atoms with van der Waals surface area (Å²) in [5.41, 5.74) is 5.79. The van der Waals surface area contributed by atoms with Gasteiger partial charge in [-0.1, -0.05) is 6.07 Å². The minimum absolute atomic E-state index is 0.0513. The van der Waals surface area contributed by atoms with Crippen LogP contribution in [0.3, 0.4) is 0 Å². The molecule has 1 aliphatic carbocycles. The molecule has 3 N–H and O–H groups in total. The maximum absolute atomic E-state index is 12.5. The summed E-state index contributed by atoms with van der Waals surface area (Å²) in [6.07, 6.45) is -4.36. The van der Waals surface area contributed by atoms with Gasteiger partial charge < -0.3 is 10.8 Å². The van der Waals surface area contributed by atoms with E-state index in [1.165, 1.54) is 6.07 Å². The molecule has 92 valence electrons. The summed E-state index contributed by atoms with van der Waals surface area (Å²) >= 11 is 0. The molecule has 1 aliphatic rings. The lowest BCUT2D eigenvalue weighted by molar-refractivity contribution is -0.142. The van der Waals surface area contributed by atoms with Crippen LogP contribution in [0.1, 0.15) is 22.7 Å². The number of aliphatic carboxylic acids is 1. The van der Waals surface area contributed by atoms with Crippen molar-refractivity contribution in [1.29, 1.82) is 0 Å². The van der Waals surface area contributed by atoms with Crippen LogP contribution < -0.4 is 5.73 Å². The summed E-state index contributed by atoms with van der Waals surface area (Å²) in [4.78, 5) is 10.9. The summed E-state index contributed by atoms with van der Waals surface area (Å²) in [7, 11) is 0. The van der Waals surface area contributed by atoms with Crippen molar-refractivity contribution in [3.05, 3.63) is 34.9 Å². The first-order valence-electron chi connectivity index (χ1n) is 4.99. The van der Waals surface area contributed by atoms with Crippen LogP contribution in [-0.4, -0.2) is 11.1 Å². The van der Waals surface area contributed by atoms with Gasteiger partial charge in [0.05, 0.1) is 11.5 Å². The number of hydrogen-bond acceptors (Lipinski definition) is 2. The van der Waals surface area contributed by atoms with E-state index in [1.807, 2.05) is 0 Å². The van der Waals surface area contributed by atoms with Gasteiger partial charge in [0.1, 0.15) is 0 Å². The first-order chi connectivity index (χ1) is 7.80. The largest absolute Gasteiger partial charge is 0.481 e. The van der Waals surface area contributed by atoms with Gasteiger partial charge in [-0.05, 0) is 29.7 Å². The molecule has 0 fully saturated rings. The second kappa shape index (κ2) is 3.73. The van der Waals surface area contributed by atoms with E-state index in [4.69, 9.17) is 10.8 Å². The zero-order valence-corrected chi connectivity index (χ0v) is 8.66. The van der Waals surface area contributed by atoms with Gasteiger partial charge in [-0.2, -0.15) is 13.2 Å². The molecule has 0 radical (unpaired) electrons. The Bertz CT molecular complexity index is 470. The number of rotatable bonds is 1. The van der Waals surface area contributed by atoms with Crippen LogP contribution >= 0.6 is 0 Å².